The average Bonchev–Trinajstić information content (AvgIpc) is 3.18. The molecule has 1 atom stereocenters. The standard InChI is InChI=1S/C21H25N5O2/c1-11-16-14(18(27)22-11)10-15(23-16)12-8-7-9-13-17(12)24-20(25(5)19(13)28)26(6)21(2,3)4/h7-11,23H,1-6H3,(H,22,27)/t11-/m1/s1. The third kappa shape index (κ3) is 2.61. The van der Waals surface area contributed by atoms with Crippen molar-refractivity contribution in [2.45, 2.75) is 39.3 Å². The van der Waals surface area contributed by atoms with Crippen molar-refractivity contribution in [3.05, 3.63) is 45.9 Å². The molecule has 1 amide bonds. The molecule has 4 rings (SSSR count). The van der Waals surface area contributed by atoms with Gasteiger partial charge in [-0.2, -0.15) is 0 Å². The van der Waals surface area contributed by atoms with Crippen LogP contribution in [0.4, 0.5) is 5.95 Å². The molecule has 1 aliphatic heterocycles. The molecular formula is C21H25N5O2. The molecule has 0 unspecified atom stereocenters. The fourth-order valence-electron chi connectivity index (χ4n) is 3.59. The first kappa shape index (κ1) is 18.3. The SMILES string of the molecule is C[C@H]1NC(=O)c2cc(-c3cccc4c(=O)n(C)c(N(C)C(C)(C)C)nc34)[nH]c21. The highest BCUT2D eigenvalue weighted by Crippen LogP contribution is 2.33. The molecule has 0 bridgehead atoms. The fraction of sp³-hybridized carbons (Fsp3) is 0.381. The summed E-state index contributed by atoms with van der Waals surface area (Å²) in [5, 5.41) is 3.44. The normalized spacial score (nSPS) is 16.4. The van der Waals surface area contributed by atoms with E-state index in [9.17, 15) is 9.59 Å². The van der Waals surface area contributed by atoms with E-state index in [0.29, 0.717) is 22.4 Å². The van der Waals surface area contributed by atoms with Gasteiger partial charge in [0.25, 0.3) is 11.5 Å². The minimum Gasteiger partial charge on any atom is -0.356 e. The van der Waals surface area contributed by atoms with E-state index in [0.717, 1.165) is 17.0 Å². The molecule has 0 fully saturated rings. The number of hydrogen-bond donors (Lipinski definition) is 2. The molecule has 0 radical (unpaired) electrons. The van der Waals surface area contributed by atoms with Gasteiger partial charge in [0.2, 0.25) is 5.95 Å². The lowest BCUT2D eigenvalue weighted by atomic mass is 10.1. The molecule has 0 spiro atoms. The molecule has 7 nitrogen and oxygen atoms in total. The Balaban J connectivity index is 1.98. The first-order chi connectivity index (χ1) is 13.1. The van der Waals surface area contributed by atoms with Crippen molar-refractivity contribution in [3.8, 4) is 11.3 Å². The van der Waals surface area contributed by atoms with E-state index >= 15 is 0 Å². The monoisotopic (exact) mass is 379 g/mol. The van der Waals surface area contributed by atoms with Gasteiger partial charge >= 0.3 is 0 Å². The number of aromatic nitrogens is 3. The summed E-state index contributed by atoms with van der Waals surface area (Å²) in [6.07, 6.45) is 0. The summed E-state index contributed by atoms with van der Waals surface area (Å²) in [6.45, 7) is 8.16. The maximum absolute atomic E-state index is 13.0. The van der Waals surface area contributed by atoms with Crippen LogP contribution in [-0.4, -0.2) is 33.0 Å². The topological polar surface area (TPSA) is 83.0 Å². The highest BCUT2D eigenvalue weighted by Gasteiger charge is 2.29. The quantitative estimate of drug-likeness (QED) is 0.717. The van der Waals surface area contributed by atoms with Gasteiger partial charge in [-0.15, -0.1) is 0 Å². The highest BCUT2D eigenvalue weighted by molar-refractivity contribution is 6.01. The van der Waals surface area contributed by atoms with Crippen LogP contribution in [0.5, 0.6) is 0 Å². The minimum absolute atomic E-state index is 0.0605. The Morgan fingerprint density at radius 3 is 2.54 bits per heavy atom. The van der Waals surface area contributed by atoms with E-state index < -0.39 is 0 Å². The second-order valence-corrected chi connectivity index (χ2v) is 8.41. The second-order valence-electron chi connectivity index (χ2n) is 8.41. The molecule has 3 aromatic rings. The first-order valence-corrected chi connectivity index (χ1v) is 9.37. The Morgan fingerprint density at radius 1 is 1.18 bits per heavy atom. The lowest BCUT2D eigenvalue weighted by molar-refractivity contribution is 0.0958. The van der Waals surface area contributed by atoms with Crippen LogP contribution < -0.4 is 15.8 Å². The molecule has 146 valence electrons. The maximum atomic E-state index is 13.0. The van der Waals surface area contributed by atoms with Crippen molar-refractivity contribution in [3.63, 3.8) is 0 Å². The Kier molecular flexibility index (Phi) is 3.89. The predicted molar refractivity (Wildman–Crippen MR) is 111 cm³/mol. The zero-order valence-electron chi connectivity index (χ0n) is 17.0. The molecular weight excluding hydrogens is 354 g/mol. The van der Waals surface area contributed by atoms with E-state index in [4.69, 9.17) is 4.98 Å². The van der Waals surface area contributed by atoms with Crippen LogP contribution in [0.1, 0.15) is 49.8 Å². The molecule has 3 heterocycles. The van der Waals surface area contributed by atoms with E-state index in [-0.39, 0.29) is 23.0 Å². The molecule has 28 heavy (non-hydrogen) atoms. The maximum Gasteiger partial charge on any atom is 0.262 e. The van der Waals surface area contributed by atoms with Crippen LogP contribution in [0, 0.1) is 0 Å². The summed E-state index contributed by atoms with van der Waals surface area (Å²) < 4.78 is 1.58. The van der Waals surface area contributed by atoms with E-state index in [1.807, 2.05) is 37.1 Å². The van der Waals surface area contributed by atoms with Gasteiger partial charge in [0.1, 0.15) is 0 Å². The van der Waals surface area contributed by atoms with Crippen molar-refractivity contribution < 1.29 is 4.79 Å². The van der Waals surface area contributed by atoms with Gasteiger partial charge in [-0.1, -0.05) is 12.1 Å². The van der Waals surface area contributed by atoms with Crippen molar-refractivity contribution >= 4 is 22.8 Å². The Bertz CT molecular complexity index is 1170. The largest absolute Gasteiger partial charge is 0.356 e. The average molecular weight is 379 g/mol. The Morgan fingerprint density at radius 2 is 1.89 bits per heavy atom. The zero-order chi connectivity index (χ0) is 20.4. The lowest BCUT2D eigenvalue weighted by Crippen LogP contribution is -2.42. The molecule has 1 aromatic carbocycles. The number of carbonyl (C=O) groups excluding carboxylic acids is 1. The number of fused-ring (bicyclic) bond motifs is 2. The van der Waals surface area contributed by atoms with Crippen LogP contribution in [0.2, 0.25) is 0 Å². The number of nitrogens with one attached hydrogen (secondary N) is 2. The Hall–Kier alpha value is -3.09. The summed E-state index contributed by atoms with van der Waals surface area (Å²) >= 11 is 0. The minimum atomic E-state index is -0.194. The van der Waals surface area contributed by atoms with Crippen LogP contribution in [0.3, 0.4) is 0 Å². The lowest BCUT2D eigenvalue weighted by Gasteiger charge is -2.33. The highest BCUT2D eigenvalue weighted by atomic mass is 16.2. The van der Waals surface area contributed by atoms with Gasteiger partial charge in [0, 0.05) is 30.9 Å². The number of rotatable bonds is 2. The van der Waals surface area contributed by atoms with Crippen molar-refractivity contribution in [1.29, 1.82) is 0 Å². The number of benzene rings is 1. The fourth-order valence-corrected chi connectivity index (χ4v) is 3.59. The zero-order valence-corrected chi connectivity index (χ0v) is 17.0. The van der Waals surface area contributed by atoms with Crippen LogP contribution in [0.15, 0.2) is 29.1 Å². The molecule has 0 saturated carbocycles. The first-order valence-electron chi connectivity index (χ1n) is 9.37. The second kappa shape index (κ2) is 5.95. The third-order valence-corrected chi connectivity index (χ3v) is 5.55. The number of H-pyrrole nitrogens is 1. The smallest absolute Gasteiger partial charge is 0.262 e. The van der Waals surface area contributed by atoms with Gasteiger partial charge < -0.3 is 15.2 Å². The van der Waals surface area contributed by atoms with Gasteiger partial charge in [-0.25, -0.2) is 4.98 Å². The van der Waals surface area contributed by atoms with Crippen LogP contribution in [-0.2, 0) is 7.05 Å². The van der Waals surface area contributed by atoms with E-state index in [1.54, 1.807) is 17.7 Å². The molecule has 1 aliphatic rings. The summed E-state index contributed by atoms with van der Waals surface area (Å²) in [7, 11) is 3.68. The molecule has 0 saturated heterocycles. The number of para-hydroxylation sites is 1. The van der Waals surface area contributed by atoms with Crippen molar-refractivity contribution in [2.75, 3.05) is 11.9 Å². The number of aromatic amines is 1. The molecule has 2 N–H and O–H groups in total. The van der Waals surface area contributed by atoms with E-state index in [1.165, 1.54) is 0 Å². The third-order valence-electron chi connectivity index (χ3n) is 5.55. The van der Waals surface area contributed by atoms with Gasteiger partial charge in [-0.05, 0) is 39.8 Å². The number of nitrogens with zero attached hydrogens (tertiary/aromatic N) is 3. The predicted octanol–water partition coefficient (Wildman–Crippen LogP) is 2.97. The number of hydrogen-bond acceptors (Lipinski definition) is 4. The van der Waals surface area contributed by atoms with Gasteiger partial charge in [-0.3, -0.25) is 14.2 Å². The molecule has 7 heteroatoms. The summed E-state index contributed by atoms with van der Waals surface area (Å²) in [6, 6.07) is 7.35. The summed E-state index contributed by atoms with van der Waals surface area (Å²) in [5.74, 6) is 0.518. The Labute approximate surface area is 163 Å². The van der Waals surface area contributed by atoms with Crippen molar-refractivity contribution in [1.82, 2.24) is 19.9 Å². The van der Waals surface area contributed by atoms with Gasteiger partial charge in [0.05, 0.1) is 28.2 Å². The van der Waals surface area contributed by atoms with E-state index in [2.05, 4.69) is 31.1 Å². The van der Waals surface area contributed by atoms with Crippen LogP contribution in [0.25, 0.3) is 22.2 Å². The summed E-state index contributed by atoms with van der Waals surface area (Å²) in [4.78, 5) is 35.4. The molecule has 0 aliphatic carbocycles. The van der Waals surface area contributed by atoms with Crippen LogP contribution >= 0.6 is 0 Å². The number of carbonyl (C=O) groups is 1. The van der Waals surface area contributed by atoms with Gasteiger partial charge in [0.15, 0.2) is 0 Å². The van der Waals surface area contributed by atoms with Crippen molar-refractivity contribution in [2.24, 2.45) is 7.05 Å². The number of amides is 1. The summed E-state index contributed by atoms with van der Waals surface area (Å²) in [5.41, 5.74) is 3.47. The number of anilines is 1. The molecule has 2 aromatic heterocycles.